The summed E-state index contributed by atoms with van der Waals surface area (Å²) in [5.41, 5.74) is -0.342. The SMILES string of the molecule is CC(C)SCCCCCCCCCCC(=O)OC(C)(C)C. The Kier molecular flexibility index (Phi) is 12.3. The third kappa shape index (κ3) is 17.8. The summed E-state index contributed by atoms with van der Waals surface area (Å²) >= 11 is 2.07. The Bertz CT molecular complexity index is 256. The lowest BCUT2D eigenvalue weighted by atomic mass is 10.1. The predicted molar refractivity (Wildman–Crippen MR) is 95.0 cm³/mol. The van der Waals surface area contributed by atoms with Crippen LogP contribution in [0, 0.1) is 0 Å². The molecule has 0 aliphatic carbocycles. The lowest BCUT2D eigenvalue weighted by molar-refractivity contribution is -0.154. The first-order chi connectivity index (χ1) is 9.81. The highest BCUT2D eigenvalue weighted by molar-refractivity contribution is 7.99. The number of hydrogen-bond donors (Lipinski definition) is 0. The number of carbonyl (C=O) groups excluding carboxylic acids is 1. The van der Waals surface area contributed by atoms with Crippen molar-refractivity contribution < 1.29 is 9.53 Å². The molecule has 0 bridgehead atoms. The molecule has 0 aliphatic heterocycles. The van der Waals surface area contributed by atoms with E-state index in [2.05, 4.69) is 25.6 Å². The van der Waals surface area contributed by atoms with Crippen molar-refractivity contribution in [2.24, 2.45) is 0 Å². The first-order valence-corrected chi connectivity index (χ1v) is 9.69. The van der Waals surface area contributed by atoms with Gasteiger partial charge in [-0.3, -0.25) is 4.79 Å². The highest BCUT2D eigenvalue weighted by atomic mass is 32.2. The fourth-order valence-electron chi connectivity index (χ4n) is 2.14. The molecule has 0 aromatic rings. The van der Waals surface area contributed by atoms with Crippen molar-refractivity contribution in [3.63, 3.8) is 0 Å². The van der Waals surface area contributed by atoms with Gasteiger partial charge in [-0.2, -0.15) is 11.8 Å². The molecule has 0 saturated heterocycles. The molecular formula is C18H36O2S. The van der Waals surface area contributed by atoms with Crippen molar-refractivity contribution in [3.8, 4) is 0 Å². The van der Waals surface area contributed by atoms with Crippen LogP contribution in [0.15, 0.2) is 0 Å². The second kappa shape index (κ2) is 12.4. The first kappa shape index (κ1) is 20.8. The van der Waals surface area contributed by atoms with Gasteiger partial charge in [-0.1, -0.05) is 52.4 Å². The summed E-state index contributed by atoms with van der Waals surface area (Å²) in [5, 5.41) is 0.773. The lowest BCUT2D eigenvalue weighted by Crippen LogP contribution is -2.23. The molecular weight excluding hydrogens is 280 g/mol. The molecule has 0 heterocycles. The van der Waals surface area contributed by atoms with Gasteiger partial charge < -0.3 is 4.74 Å². The van der Waals surface area contributed by atoms with E-state index in [9.17, 15) is 4.79 Å². The van der Waals surface area contributed by atoms with Gasteiger partial charge in [0.1, 0.15) is 5.60 Å². The van der Waals surface area contributed by atoms with E-state index in [4.69, 9.17) is 4.74 Å². The molecule has 0 spiro atoms. The fraction of sp³-hybridized carbons (Fsp3) is 0.944. The molecule has 0 N–H and O–H groups in total. The maximum Gasteiger partial charge on any atom is 0.306 e. The molecule has 0 aromatic carbocycles. The average molecular weight is 317 g/mol. The van der Waals surface area contributed by atoms with Crippen LogP contribution in [0.4, 0.5) is 0 Å². The molecule has 0 atom stereocenters. The zero-order valence-electron chi connectivity index (χ0n) is 14.9. The summed E-state index contributed by atoms with van der Waals surface area (Å²) in [6.07, 6.45) is 10.7. The summed E-state index contributed by atoms with van der Waals surface area (Å²) in [6, 6.07) is 0. The van der Waals surface area contributed by atoms with E-state index in [0.29, 0.717) is 6.42 Å². The molecule has 0 radical (unpaired) electrons. The highest BCUT2D eigenvalue weighted by Gasteiger charge is 2.15. The largest absolute Gasteiger partial charge is 0.460 e. The molecule has 0 aliphatic rings. The van der Waals surface area contributed by atoms with Crippen LogP contribution in [0.25, 0.3) is 0 Å². The standard InChI is InChI=1S/C18H36O2S/c1-16(2)21-15-13-11-9-7-6-8-10-12-14-17(19)20-18(3,4)5/h16H,6-15H2,1-5H3. The van der Waals surface area contributed by atoms with E-state index >= 15 is 0 Å². The normalized spacial score (nSPS) is 11.9. The summed E-state index contributed by atoms with van der Waals surface area (Å²) < 4.78 is 5.30. The van der Waals surface area contributed by atoms with E-state index in [0.717, 1.165) is 18.1 Å². The predicted octanol–water partition coefficient (Wildman–Crippen LogP) is 5.98. The van der Waals surface area contributed by atoms with E-state index < -0.39 is 0 Å². The third-order valence-corrected chi connectivity index (χ3v) is 4.34. The maximum absolute atomic E-state index is 11.5. The summed E-state index contributed by atoms with van der Waals surface area (Å²) in [4.78, 5) is 11.5. The number of ether oxygens (including phenoxy) is 1. The topological polar surface area (TPSA) is 26.3 Å². The minimum Gasteiger partial charge on any atom is -0.460 e. The van der Waals surface area contributed by atoms with E-state index in [-0.39, 0.29) is 11.6 Å². The molecule has 0 unspecified atom stereocenters. The Labute approximate surface area is 136 Å². The van der Waals surface area contributed by atoms with Crippen LogP contribution in [0.1, 0.15) is 92.4 Å². The van der Waals surface area contributed by atoms with Gasteiger partial charge in [0.25, 0.3) is 0 Å². The lowest BCUT2D eigenvalue weighted by Gasteiger charge is -2.19. The van der Waals surface area contributed by atoms with Gasteiger partial charge in [0, 0.05) is 6.42 Å². The molecule has 0 saturated carbocycles. The summed E-state index contributed by atoms with van der Waals surface area (Å²) in [7, 11) is 0. The molecule has 2 nitrogen and oxygen atoms in total. The van der Waals surface area contributed by atoms with Gasteiger partial charge in [0.15, 0.2) is 0 Å². The number of thioether (sulfide) groups is 1. The Morgan fingerprint density at radius 3 is 1.86 bits per heavy atom. The quantitative estimate of drug-likeness (QED) is 0.327. The minimum atomic E-state index is -0.342. The van der Waals surface area contributed by atoms with Crippen molar-refractivity contribution in [1.29, 1.82) is 0 Å². The second-order valence-corrected chi connectivity index (χ2v) is 8.77. The smallest absolute Gasteiger partial charge is 0.306 e. The Hall–Kier alpha value is -0.180. The highest BCUT2D eigenvalue weighted by Crippen LogP contribution is 2.15. The zero-order valence-corrected chi connectivity index (χ0v) is 15.7. The second-order valence-electron chi connectivity index (χ2n) is 7.08. The van der Waals surface area contributed by atoms with Crippen LogP contribution in [-0.2, 0) is 9.53 Å². The fourth-order valence-corrected chi connectivity index (χ4v) is 2.99. The van der Waals surface area contributed by atoms with Crippen molar-refractivity contribution in [2.75, 3.05) is 5.75 Å². The van der Waals surface area contributed by atoms with Crippen LogP contribution in [-0.4, -0.2) is 22.6 Å². The van der Waals surface area contributed by atoms with Crippen molar-refractivity contribution in [3.05, 3.63) is 0 Å². The molecule has 0 fully saturated rings. The van der Waals surface area contributed by atoms with Crippen LogP contribution in [0.5, 0.6) is 0 Å². The summed E-state index contributed by atoms with van der Waals surface area (Å²) in [6.45, 7) is 10.3. The molecule has 0 aromatic heterocycles. The number of unbranched alkanes of at least 4 members (excludes halogenated alkanes) is 7. The molecule has 126 valence electrons. The van der Waals surface area contributed by atoms with Crippen molar-refractivity contribution in [1.82, 2.24) is 0 Å². The average Bonchev–Trinajstić information content (AvgIpc) is 2.33. The number of rotatable bonds is 12. The maximum atomic E-state index is 11.5. The third-order valence-electron chi connectivity index (χ3n) is 3.15. The number of hydrogen-bond acceptors (Lipinski definition) is 3. The Balaban J connectivity index is 3.21. The van der Waals surface area contributed by atoms with Gasteiger partial charge in [0.2, 0.25) is 0 Å². The number of esters is 1. The molecule has 21 heavy (non-hydrogen) atoms. The van der Waals surface area contributed by atoms with Crippen LogP contribution >= 0.6 is 11.8 Å². The van der Waals surface area contributed by atoms with Crippen LogP contribution < -0.4 is 0 Å². The Morgan fingerprint density at radius 2 is 1.38 bits per heavy atom. The number of carbonyl (C=O) groups is 1. The van der Waals surface area contributed by atoms with E-state index in [1.807, 2.05) is 20.8 Å². The molecule has 0 rings (SSSR count). The van der Waals surface area contributed by atoms with Gasteiger partial charge in [-0.25, -0.2) is 0 Å². The molecule has 0 amide bonds. The first-order valence-electron chi connectivity index (χ1n) is 8.65. The molecule has 3 heteroatoms. The van der Waals surface area contributed by atoms with Gasteiger partial charge in [0.05, 0.1) is 0 Å². The van der Waals surface area contributed by atoms with Gasteiger partial charge >= 0.3 is 5.97 Å². The monoisotopic (exact) mass is 316 g/mol. The summed E-state index contributed by atoms with van der Waals surface area (Å²) in [5.74, 6) is 1.26. The van der Waals surface area contributed by atoms with Crippen LogP contribution in [0.3, 0.4) is 0 Å². The van der Waals surface area contributed by atoms with E-state index in [1.54, 1.807) is 0 Å². The zero-order chi connectivity index (χ0) is 16.1. The van der Waals surface area contributed by atoms with Crippen molar-refractivity contribution >= 4 is 17.7 Å². The van der Waals surface area contributed by atoms with Gasteiger partial charge in [-0.15, -0.1) is 0 Å². The minimum absolute atomic E-state index is 0.0508. The van der Waals surface area contributed by atoms with E-state index in [1.165, 1.54) is 44.3 Å². The Morgan fingerprint density at radius 1 is 0.905 bits per heavy atom. The van der Waals surface area contributed by atoms with Crippen molar-refractivity contribution in [2.45, 2.75) is 103 Å². The van der Waals surface area contributed by atoms with Gasteiger partial charge in [-0.05, 0) is 44.6 Å². The van der Waals surface area contributed by atoms with Crippen LogP contribution in [0.2, 0.25) is 0 Å².